The van der Waals surface area contributed by atoms with E-state index in [1.807, 2.05) is 0 Å². The van der Waals surface area contributed by atoms with E-state index in [0.717, 1.165) is 6.07 Å². The zero-order chi connectivity index (χ0) is 15.7. The minimum absolute atomic E-state index is 0.291. The molecule has 0 aliphatic carbocycles. The van der Waals surface area contributed by atoms with E-state index in [2.05, 4.69) is 4.98 Å². The summed E-state index contributed by atoms with van der Waals surface area (Å²) in [7, 11) is 0. The predicted octanol–water partition coefficient (Wildman–Crippen LogP) is 3.65. The summed E-state index contributed by atoms with van der Waals surface area (Å²) in [5, 5.41) is 8.58. The molecule has 0 unspecified atom stereocenters. The predicted molar refractivity (Wildman–Crippen MR) is 58.7 cm³/mol. The lowest BCUT2D eigenvalue weighted by atomic mass is 10.0. The fraction of sp³-hybridized carbons (Fsp3) is 0.0769. The van der Waals surface area contributed by atoms with Crippen molar-refractivity contribution in [3.05, 3.63) is 52.7 Å². The van der Waals surface area contributed by atoms with Crippen LogP contribution in [0.5, 0.6) is 0 Å². The fourth-order valence-corrected chi connectivity index (χ4v) is 1.74. The Labute approximate surface area is 114 Å². The Morgan fingerprint density at radius 2 is 1.43 bits per heavy atom. The standard InChI is InChI=1S/C13H4F6N2/c14-6-3-5(1-2-20)13(21-4-6)7-8(15)10(17)12(19)11(18)9(7)16/h3-4H,1H2. The lowest BCUT2D eigenvalue weighted by Crippen LogP contribution is -2.06. The van der Waals surface area contributed by atoms with Crippen LogP contribution in [0.4, 0.5) is 26.3 Å². The normalized spacial score (nSPS) is 10.5. The minimum Gasteiger partial charge on any atom is -0.253 e. The van der Waals surface area contributed by atoms with Gasteiger partial charge in [0.2, 0.25) is 5.82 Å². The maximum absolute atomic E-state index is 13.7. The summed E-state index contributed by atoms with van der Waals surface area (Å²) in [6.07, 6.45) is 0.0356. The molecule has 0 saturated heterocycles. The van der Waals surface area contributed by atoms with Gasteiger partial charge in [-0.2, -0.15) is 5.26 Å². The maximum atomic E-state index is 13.7. The summed E-state index contributed by atoms with van der Waals surface area (Å²) >= 11 is 0. The van der Waals surface area contributed by atoms with E-state index in [1.165, 1.54) is 0 Å². The fourth-order valence-electron chi connectivity index (χ4n) is 1.74. The van der Waals surface area contributed by atoms with Gasteiger partial charge in [0.1, 0.15) is 5.82 Å². The van der Waals surface area contributed by atoms with E-state index in [1.54, 1.807) is 6.07 Å². The van der Waals surface area contributed by atoms with Gasteiger partial charge in [0.25, 0.3) is 0 Å². The number of rotatable bonds is 2. The molecule has 0 aliphatic rings. The highest BCUT2D eigenvalue weighted by Gasteiger charge is 2.28. The monoisotopic (exact) mass is 302 g/mol. The summed E-state index contributed by atoms with van der Waals surface area (Å²) in [5.74, 6) is -11.7. The third-order valence-corrected chi connectivity index (χ3v) is 2.65. The van der Waals surface area contributed by atoms with E-state index < -0.39 is 52.6 Å². The molecule has 0 fully saturated rings. The summed E-state index contributed by atoms with van der Waals surface area (Å²) in [6.45, 7) is 0. The summed E-state index contributed by atoms with van der Waals surface area (Å²) < 4.78 is 79.7. The van der Waals surface area contributed by atoms with Gasteiger partial charge in [-0.25, -0.2) is 26.3 Å². The number of nitriles is 1. The summed E-state index contributed by atoms with van der Waals surface area (Å²) in [6, 6.07) is 2.33. The number of nitrogens with zero attached hydrogens (tertiary/aromatic N) is 2. The molecule has 0 bridgehead atoms. The molecule has 0 saturated carbocycles. The lowest BCUT2D eigenvalue weighted by molar-refractivity contribution is 0.381. The highest BCUT2D eigenvalue weighted by atomic mass is 19.2. The number of hydrogen-bond acceptors (Lipinski definition) is 2. The van der Waals surface area contributed by atoms with Gasteiger partial charge in [0.05, 0.1) is 29.9 Å². The first-order valence-corrected chi connectivity index (χ1v) is 5.41. The molecule has 0 amide bonds. The topological polar surface area (TPSA) is 36.7 Å². The highest BCUT2D eigenvalue weighted by molar-refractivity contribution is 5.65. The highest BCUT2D eigenvalue weighted by Crippen LogP contribution is 2.32. The first kappa shape index (κ1) is 14.8. The van der Waals surface area contributed by atoms with Crippen LogP contribution in [0.25, 0.3) is 11.3 Å². The quantitative estimate of drug-likeness (QED) is 0.482. The number of halogens is 6. The molecular weight excluding hydrogens is 298 g/mol. The van der Waals surface area contributed by atoms with Crippen LogP contribution < -0.4 is 0 Å². The maximum Gasteiger partial charge on any atom is 0.200 e. The van der Waals surface area contributed by atoms with Gasteiger partial charge in [-0.3, -0.25) is 4.98 Å². The second-order valence-corrected chi connectivity index (χ2v) is 3.94. The third kappa shape index (κ3) is 2.42. The number of aromatic nitrogens is 1. The molecular formula is C13H4F6N2. The van der Waals surface area contributed by atoms with Crippen molar-refractivity contribution in [1.29, 1.82) is 5.26 Å². The summed E-state index contributed by atoms with van der Waals surface area (Å²) in [4.78, 5) is 3.34. The number of pyridine rings is 1. The number of hydrogen-bond donors (Lipinski definition) is 0. The molecule has 0 radical (unpaired) electrons. The second kappa shape index (κ2) is 5.44. The minimum atomic E-state index is -2.31. The average molecular weight is 302 g/mol. The Kier molecular flexibility index (Phi) is 3.84. The summed E-state index contributed by atoms with van der Waals surface area (Å²) in [5.41, 5.74) is -2.26. The van der Waals surface area contributed by atoms with Crippen molar-refractivity contribution in [3.63, 3.8) is 0 Å². The first-order valence-electron chi connectivity index (χ1n) is 5.41. The van der Waals surface area contributed by atoms with Gasteiger partial charge in [-0.05, 0) is 11.6 Å². The molecule has 8 heteroatoms. The molecule has 0 aliphatic heterocycles. The number of benzene rings is 1. The Hall–Kier alpha value is -2.56. The molecule has 108 valence electrons. The van der Waals surface area contributed by atoms with Gasteiger partial charge in [-0.1, -0.05) is 0 Å². The van der Waals surface area contributed by atoms with E-state index in [-0.39, 0.29) is 5.56 Å². The molecule has 2 rings (SSSR count). The molecule has 0 N–H and O–H groups in total. The Morgan fingerprint density at radius 1 is 0.905 bits per heavy atom. The molecule has 0 atom stereocenters. The van der Waals surface area contributed by atoms with Crippen LogP contribution >= 0.6 is 0 Å². The Bertz CT molecular complexity index is 737. The molecule has 1 heterocycles. The van der Waals surface area contributed by atoms with Crippen molar-refractivity contribution in [2.24, 2.45) is 0 Å². The van der Waals surface area contributed by atoms with E-state index in [9.17, 15) is 26.3 Å². The molecule has 1 aromatic heterocycles. The Morgan fingerprint density at radius 3 is 1.95 bits per heavy atom. The van der Waals surface area contributed by atoms with Gasteiger partial charge >= 0.3 is 0 Å². The van der Waals surface area contributed by atoms with Crippen molar-refractivity contribution in [2.45, 2.75) is 6.42 Å². The molecule has 1 aromatic carbocycles. The van der Waals surface area contributed by atoms with Crippen LogP contribution in [0.3, 0.4) is 0 Å². The zero-order valence-corrected chi connectivity index (χ0v) is 10.0. The SMILES string of the molecule is N#CCc1cc(F)cnc1-c1c(F)c(F)c(F)c(F)c1F. The largest absolute Gasteiger partial charge is 0.253 e. The van der Waals surface area contributed by atoms with E-state index in [4.69, 9.17) is 5.26 Å². The van der Waals surface area contributed by atoms with Crippen LogP contribution in [-0.2, 0) is 6.42 Å². The van der Waals surface area contributed by atoms with Crippen LogP contribution in [0.1, 0.15) is 5.56 Å². The van der Waals surface area contributed by atoms with Crippen LogP contribution in [0, 0.1) is 46.2 Å². The van der Waals surface area contributed by atoms with Crippen LogP contribution in [0.15, 0.2) is 12.3 Å². The molecule has 21 heavy (non-hydrogen) atoms. The van der Waals surface area contributed by atoms with Crippen LogP contribution in [-0.4, -0.2) is 4.98 Å². The second-order valence-electron chi connectivity index (χ2n) is 3.94. The van der Waals surface area contributed by atoms with Crippen molar-refractivity contribution in [3.8, 4) is 17.3 Å². The van der Waals surface area contributed by atoms with Gasteiger partial charge in [-0.15, -0.1) is 0 Å². The third-order valence-electron chi connectivity index (χ3n) is 2.65. The van der Waals surface area contributed by atoms with Gasteiger partial charge in [0, 0.05) is 0 Å². The lowest BCUT2D eigenvalue weighted by Gasteiger charge is -2.10. The molecule has 0 spiro atoms. The smallest absolute Gasteiger partial charge is 0.200 e. The van der Waals surface area contributed by atoms with Crippen LogP contribution in [0.2, 0.25) is 0 Å². The zero-order valence-electron chi connectivity index (χ0n) is 10.0. The Balaban J connectivity index is 2.83. The van der Waals surface area contributed by atoms with E-state index >= 15 is 0 Å². The van der Waals surface area contributed by atoms with Gasteiger partial charge in [0.15, 0.2) is 23.3 Å². The first-order chi connectivity index (χ1) is 9.88. The van der Waals surface area contributed by atoms with Crippen molar-refractivity contribution in [2.75, 3.05) is 0 Å². The van der Waals surface area contributed by atoms with Crippen molar-refractivity contribution < 1.29 is 26.3 Å². The van der Waals surface area contributed by atoms with Crippen molar-refractivity contribution >= 4 is 0 Å². The molecule has 2 aromatic rings. The molecule has 2 nitrogen and oxygen atoms in total. The van der Waals surface area contributed by atoms with Crippen molar-refractivity contribution in [1.82, 2.24) is 4.98 Å². The van der Waals surface area contributed by atoms with E-state index in [0.29, 0.717) is 6.20 Å². The van der Waals surface area contributed by atoms with Gasteiger partial charge < -0.3 is 0 Å². The average Bonchev–Trinajstić information content (AvgIpc) is 2.46.